The molecule has 7 heteroatoms. The van der Waals surface area contributed by atoms with Gasteiger partial charge in [0.2, 0.25) is 5.91 Å². The van der Waals surface area contributed by atoms with Gasteiger partial charge in [-0.25, -0.2) is 4.79 Å². The van der Waals surface area contributed by atoms with Crippen LogP contribution in [0.25, 0.3) is 0 Å². The number of amides is 1. The summed E-state index contributed by atoms with van der Waals surface area (Å²) in [6.45, 7) is 7.20. The smallest absolute Gasteiger partial charge is 0.326 e. The molecule has 0 bridgehead atoms. The zero-order valence-corrected chi connectivity index (χ0v) is 12.9. The van der Waals surface area contributed by atoms with E-state index < -0.39 is 12.0 Å². The number of nitrogens with one attached hydrogen (secondary N) is 1. The molecule has 0 aromatic carbocycles. The Bertz CT molecular complexity index is 327. The first-order valence-corrected chi connectivity index (χ1v) is 8.10. The van der Waals surface area contributed by atoms with Gasteiger partial charge in [-0.3, -0.25) is 9.69 Å². The van der Waals surface area contributed by atoms with Crippen LogP contribution in [0.3, 0.4) is 0 Å². The summed E-state index contributed by atoms with van der Waals surface area (Å²) in [5, 5.41) is 11.4. The lowest BCUT2D eigenvalue weighted by Crippen LogP contribution is -2.43. The van der Waals surface area contributed by atoms with E-state index in [2.05, 4.69) is 17.1 Å². The van der Waals surface area contributed by atoms with Crippen molar-refractivity contribution in [2.75, 3.05) is 37.7 Å². The van der Waals surface area contributed by atoms with Gasteiger partial charge in [0.25, 0.3) is 0 Å². The number of morpholine rings is 1. The number of carboxylic acid groups (broad SMARTS) is 1. The van der Waals surface area contributed by atoms with E-state index in [4.69, 9.17) is 9.84 Å². The second-order valence-electron chi connectivity index (χ2n) is 4.84. The van der Waals surface area contributed by atoms with Crippen LogP contribution >= 0.6 is 11.8 Å². The average molecular weight is 304 g/mol. The van der Waals surface area contributed by atoms with Crippen molar-refractivity contribution in [2.24, 2.45) is 0 Å². The highest BCUT2D eigenvalue weighted by Gasteiger charge is 2.20. The third-order valence-corrected chi connectivity index (χ3v) is 4.33. The molecule has 116 valence electrons. The Balaban J connectivity index is 2.19. The predicted molar refractivity (Wildman–Crippen MR) is 79.0 cm³/mol. The molecule has 1 aliphatic rings. The number of hydrogen-bond acceptors (Lipinski definition) is 5. The van der Waals surface area contributed by atoms with Crippen LogP contribution < -0.4 is 5.32 Å². The monoisotopic (exact) mass is 304 g/mol. The molecule has 2 unspecified atom stereocenters. The van der Waals surface area contributed by atoms with E-state index in [1.54, 1.807) is 11.8 Å². The summed E-state index contributed by atoms with van der Waals surface area (Å²) in [6, 6.07) is -0.792. The average Bonchev–Trinajstić information content (AvgIpc) is 2.41. The van der Waals surface area contributed by atoms with E-state index in [9.17, 15) is 9.59 Å². The number of hydrogen-bond donors (Lipinski definition) is 2. The topological polar surface area (TPSA) is 78.9 Å². The van der Waals surface area contributed by atoms with Crippen molar-refractivity contribution < 1.29 is 19.4 Å². The molecule has 1 heterocycles. The molecule has 20 heavy (non-hydrogen) atoms. The maximum atomic E-state index is 11.0. The van der Waals surface area contributed by atoms with Crippen LogP contribution in [0.5, 0.6) is 0 Å². The zero-order chi connectivity index (χ0) is 15.0. The number of rotatable bonds is 8. The van der Waals surface area contributed by atoms with Gasteiger partial charge < -0.3 is 15.2 Å². The SMILES string of the molecule is CCN1CCOC(CSCCC(NC(C)=O)C(=O)O)C1. The first-order valence-electron chi connectivity index (χ1n) is 6.94. The maximum Gasteiger partial charge on any atom is 0.326 e. The molecule has 0 saturated carbocycles. The van der Waals surface area contributed by atoms with Gasteiger partial charge in [0.15, 0.2) is 0 Å². The summed E-state index contributed by atoms with van der Waals surface area (Å²) < 4.78 is 5.68. The standard InChI is InChI=1S/C13H24N2O4S/c1-3-15-5-6-19-11(8-15)9-20-7-4-12(13(17)18)14-10(2)16/h11-12H,3-9H2,1-2H3,(H,14,16)(H,17,18). The molecule has 2 atom stereocenters. The largest absolute Gasteiger partial charge is 0.480 e. The third-order valence-electron chi connectivity index (χ3n) is 3.20. The van der Waals surface area contributed by atoms with Crippen molar-refractivity contribution in [3.8, 4) is 0 Å². The number of carbonyl (C=O) groups excluding carboxylic acids is 1. The van der Waals surface area contributed by atoms with E-state index >= 15 is 0 Å². The highest BCUT2D eigenvalue weighted by molar-refractivity contribution is 7.99. The summed E-state index contributed by atoms with van der Waals surface area (Å²) in [7, 11) is 0. The van der Waals surface area contributed by atoms with E-state index in [0.717, 1.165) is 32.0 Å². The van der Waals surface area contributed by atoms with Crippen molar-refractivity contribution in [3.05, 3.63) is 0 Å². The molecule has 1 amide bonds. The molecule has 1 saturated heterocycles. The van der Waals surface area contributed by atoms with Crippen molar-refractivity contribution >= 4 is 23.6 Å². The van der Waals surface area contributed by atoms with Gasteiger partial charge in [0.05, 0.1) is 12.7 Å². The lowest BCUT2D eigenvalue weighted by molar-refractivity contribution is -0.141. The van der Waals surface area contributed by atoms with Gasteiger partial charge >= 0.3 is 5.97 Å². The van der Waals surface area contributed by atoms with Gasteiger partial charge in [0.1, 0.15) is 6.04 Å². The van der Waals surface area contributed by atoms with Crippen molar-refractivity contribution in [3.63, 3.8) is 0 Å². The number of ether oxygens (including phenoxy) is 1. The second-order valence-corrected chi connectivity index (χ2v) is 5.99. The normalized spacial score (nSPS) is 21.4. The van der Waals surface area contributed by atoms with Gasteiger partial charge in [-0.2, -0.15) is 11.8 Å². The van der Waals surface area contributed by atoms with E-state index in [1.165, 1.54) is 6.92 Å². The van der Waals surface area contributed by atoms with Gasteiger partial charge in [-0.05, 0) is 18.7 Å². The highest BCUT2D eigenvalue weighted by atomic mass is 32.2. The molecular formula is C13H24N2O4S. The molecule has 6 nitrogen and oxygen atoms in total. The molecule has 0 spiro atoms. The molecule has 0 radical (unpaired) electrons. The minimum Gasteiger partial charge on any atom is -0.480 e. The Morgan fingerprint density at radius 3 is 2.90 bits per heavy atom. The van der Waals surface area contributed by atoms with Crippen LogP contribution in [0.2, 0.25) is 0 Å². The van der Waals surface area contributed by atoms with Gasteiger partial charge in [-0.1, -0.05) is 6.92 Å². The molecule has 1 rings (SSSR count). The van der Waals surface area contributed by atoms with Crippen LogP contribution in [-0.4, -0.2) is 71.8 Å². The molecule has 0 aromatic rings. The summed E-state index contributed by atoms with van der Waals surface area (Å²) in [5.41, 5.74) is 0. The Kier molecular flexibility index (Phi) is 7.94. The fourth-order valence-electron chi connectivity index (χ4n) is 2.09. The number of carboxylic acids is 1. The maximum absolute atomic E-state index is 11.0. The predicted octanol–water partition coefficient (Wildman–Crippen LogP) is 0.420. The molecule has 1 aliphatic heterocycles. The van der Waals surface area contributed by atoms with Crippen molar-refractivity contribution in [1.29, 1.82) is 0 Å². The third kappa shape index (κ3) is 6.58. The summed E-state index contributed by atoms with van der Waals surface area (Å²) in [5.74, 6) is 0.273. The summed E-state index contributed by atoms with van der Waals surface area (Å²) >= 11 is 1.68. The van der Waals surface area contributed by atoms with E-state index in [1.807, 2.05) is 0 Å². The van der Waals surface area contributed by atoms with Crippen LogP contribution in [0.4, 0.5) is 0 Å². The lowest BCUT2D eigenvalue weighted by atomic mass is 10.2. The number of thioether (sulfide) groups is 1. The Hall–Kier alpha value is -0.790. The Labute approximate surface area is 124 Å². The minimum atomic E-state index is -0.980. The Morgan fingerprint density at radius 1 is 1.55 bits per heavy atom. The fraction of sp³-hybridized carbons (Fsp3) is 0.846. The number of nitrogens with zero attached hydrogens (tertiary/aromatic N) is 1. The Morgan fingerprint density at radius 2 is 2.30 bits per heavy atom. The first kappa shape index (κ1) is 17.3. The van der Waals surface area contributed by atoms with Gasteiger partial charge in [0, 0.05) is 25.8 Å². The highest BCUT2D eigenvalue weighted by Crippen LogP contribution is 2.13. The van der Waals surface area contributed by atoms with Crippen LogP contribution in [0.15, 0.2) is 0 Å². The number of aliphatic carboxylic acids is 1. The molecule has 0 aliphatic carbocycles. The molecule has 1 fully saturated rings. The molecule has 2 N–H and O–H groups in total. The molecular weight excluding hydrogens is 280 g/mol. The summed E-state index contributed by atoms with van der Waals surface area (Å²) in [4.78, 5) is 24.2. The van der Waals surface area contributed by atoms with Crippen molar-refractivity contribution in [2.45, 2.75) is 32.4 Å². The van der Waals surface area contributed by atoms with Crippen LogP contribution in [0.1, 0.15) is 20.3 Å². The minimum absolute atomic E-state index is 0.220. The van der Waals surface area contributed by atoms with Crippen LogP contribution in [-0.2, 0) is 14.3 Å². The summed E-state index contributed by atoms with van der Waals surface area (Å²) in [6.07, 6.45) is 0.654. The first-order chi connectivity index (χ1) is 9.52. The van der Waals surface area contributed by atoms with E-state index in [-0.39, 0.29) is 12.0 Å². The van der Waals surface area contributed by atoms with Crippen LogP contribution in [0, 0.1) is 0 Å². The second kappa shape index (κ2) is 9.20. The van der Waals surface area contributed by atoms with Crippen molar-refractivity contribution in [1.82, 2.24) is 10.2 Å². The molecule has 0 aromatic heterocycles. The van der Waals surface area contributed by atoms with E-state index in [0.29, 0.717) is 12.2 Å². The fourth-order valence-corrected chi connectivity index (χ4v) is 3.12. The lowest BCUT2D eigenvalue weighted by Gasteiger charge is -2.31. The van der Waals surface area contributed by atoms with Gasteiger partial charge in [-0.15, -0.1) is 0 Å². The zero-order valence-electron chi connectivity index (χ0n) is 12.1. The number of likely N-dealkylation sites (N-methyl/N-ethyl adjacent to an activating group) is 1. The number of carbonyl (C=O) groups is 2. The quantitative estimate of drug-likeness (QED) is 0.633.